The highest BCUT2D eigenvalue weighted by atomic mass is 16.3. The molecule has 1 N–H and O–H groups in total. The summed E-state index contributed by atoms with van der Waals surface area (Å²) in [4.78, 5) is 17.1. The van der Waals surface area contributed by atoms with Gasteiger partial charge in [-0.3, -0.25) is 4.79 Å². The number of carbonyl (C=O) groups is 1. The lowest BCUT2D eigenvalue weighted by Crippen LogP contribution is -2.46. The van der Waals surface area contributed by atoms with Crippen LogP contribution in [0.3, 0.4) is 0 Å². The predicted octanol–water partition coefficient (Wildman–Crippen LogP) is 3.55. The average Bonchev–Trinajstić information content (AvgIpc) is 2.75. The van der Waals surface area contributed by atoms with Crippen molar-refractivity contribution in [3.8, 4) is 11.1 Å². The molecule has 0 atom stereocenters. The molecule has 142 valence electrons. The number of hydrogen-bond donors (Lipinski definition) is 1. The lowest BCUT2D eigenvalue weighted by atomic mass is 9.93. The Morgan fingerprint density at radius 3 is 2.19 bits per heavy atom. The van der Waals surface area contributed by atoms with Gasteiger partial charge in [-0.15, -0.1) is 0 Å². The standard InChI is InChI=1S/C23H28N2O2/c26-22-11-15-25(16-12-22)23(27)19-9-13-24(14-10-19)21-8-4-7-20(17-21)18-5-2-1-3-6-18/h1-8,17,19,22,26H,9-16H2. The highest BCUT2D eigenvalue weighted by Crippen LogP contribution is 2.29. The number of nitrogens with zero attached hydrogens (tertiary/aromatic N) is 2. The first kappa shape index (κ1) is 18.1. The van der Waals surface area contributed by atoms with Crippen LogP contribution in [0.25, 0.3) is 11.1 Å². The summed E-state index contributed by atoms with van der Waals surface area (Å²) in [5, 5.41) is 9.64. The normalized spacial score (nSPS) is 19.3. The van der Waals surface area contributed by atoms with E-state index in [1.165, 1.54) is 16.8 Å². The second-order valence-electron chi connectivity index (χ2n) is 7.73. The molecule has 0 unspecified atom stereocenters. The zero-order valence-corrected chi connectivity index (χ0v) is 15.8. The van der Waals surface area contributed by atoms with Crippen molar-refractivity contribution in [2.45, 2.75) is 31.8 Å². The first-order chi connectivity index (χ1) is 13.2. The van der Waals surface area contributed by atoms with Gasteiger partial charge in [0.05, 0.1) is 6.10 Å². The molecule has 1 amide bonds. The molecule has 2 aliphatic rings. The maximum atomic E-state index is 12.8. The predicted molar refractivity (Wildman–Crippen MR) is 109 cm³/mol. The Labute approximate surface area is 161 Å². The van der Waals surface area contributed by atoms with Gasteiger partial charge in [0.15, 0.2) is 0 Å². The molecule has 2 aromatic carbocycles. The number of piperidine rings is 2. The molecule has 0 aliphatic carbocycles. The first-order valence-corrected chi connectivity index (χ1v) is 10.1. The Hall–Kier alpha value is -2.33. The van der Waals surface area contributed by atoms with E-state index in [0.29, 0.717) is 19.0 Å². The molecule has 0 bridgehead atoms. The van der Waals surface area contributed by atoms with Crippen molar-refractivity contribution < 1.29 is 9.90 Å². The van der Waals surface area contributed by atoms with Crippen LogP contribution in [0.5, 0.6) is 0 Å². The van der Waals surface area contributed by atoms with E-state index in [2.05, 4.69) is 53.4 Å². The van der Waals surface area contributed by atoms with E-state index in [-0.39, 0.29) is 12.0 Å². The number of carbonyl (C=O) groups excluding carboxylic acids is 1. The summed E-state index contributed by atoms with van der Waals surface area (Å²) in [6.07, 6.45) is 3.03. The van der Waals surface area contributed by atoms with Crippen LogP contribution in [0.4, 0.5) is 5.69 Å². The van der Waals surface area contributed by atoms with Gasteiger partial charge in [0.25, 0.3) is 0 Å². The van der Waals surface area contributed by atoms with Gasteiger partial charge in [-0.25, -0.2) is 0 Å². The molecule has 2 aromatic rings. The minimum atomic E-state index is -0.229. The molecule has 0 aromatic heterocycles. The summed E-state index contributed by atoms with van der Waals surface area (Å²) in [6, 6.07) is 19.1. The lowest BCUT2D eigenvalue weighted by Gasteiger charge is -2.37. The van der Waals surface area contributed by atoms with Crippen molar-refractivity contribution in [2.24, 2.45) is 5.92 Å². The maximum absolute atomic E-state index is 12.8. The van der Waals surface area contributed by atoms with Crippen LogP contribution in [-0.4, -0.2) is 48.2 Å². The van der Waals surface area contributed by atoms with Gasteiger partial charge in [-0.05, 0) is 48.9 Å². The van der Waals surface area contributed by atoms with E-state index in [1.807, 2.05) is 11.0 Å². The highest BCUT2D eigenvalue weighted by Gasteiger charge is 2.30. The van der Waals surface area contributed by atoms with E-state index < -0.39 is 0 Å². The third-order valence-corrected chi connectivity index (χ3v) is 5.94. The molecule has 2 saturated heterocycles. The second kappa shape index (κ2) is 8.13. The van der Waals surface area contributed by atoms with Crippen molar-refractivity contribution >= 4 is 11.6 Å². The van der Waals surface area contributed by atoms with Gasteiger partial charge in [-0.1, -0.05) is 42.5 Å². The summed E-state index contributed by atoms with van der Waals surface area (Å²) in [5.41, 5.74) is 3.71. The Kier molecular flexibility index (Phi) is 5.44. The van der Waals surface area contributed by atoms with Crippen LogP contribution in [0.15, 0.2) is 54.6 Å². The van der Waals surface area contributed by atoms with Gasteiger partial charge in [-0.2, -0.15) is 0 Å². The third-order valence-electron chi connectivity index (χ3n) is 5.94. The molecule has 4 rings (SSSR count). The van der Waals surface area contributed by atoms with Crippen molar-refractivity contribution in [3.63, 3.8) is 0 Å². The second-order valence-corrected chi connectivity index (χ2v) is 7.73. The monoisotopic (exact) mass is 364 g/mol. The number of aliphatic hydroxyl groups is 1. The maximum Gasteiger partial charge on any atom is 0.225 e. The fourth-order valence-corrected chi connectivity index (χ4v) is 4.24. The largest absolute Gasteiger partial charge is 0.393 e. The summed E-state index contributed by atoms with van der Waals surface area (Å²) in [5.74, 6) is 0.424. The molecule has 0 saturated carbocycles. The third kappa shape index (κ3) is 4.16. The summed E-state index contributed by atoms with van der Waals surface area (Å²) in [6.45, 7) is 3.26. The van der Waals surface area contributed by atoms with Gasteiger partial charge in [0.2, 0.25) is 5.91 Å². The summed E-state index contributed by atoms with van der Waals surface area (Å²) in [7, 11) is 0. The van der Waals surface area contributed by atoms with Crippen molar-refractivity contribution in [2.75, 3.05) is 31.1 Å². The number of hydrogen-bond acceptors (Lipinski definition) is 3. The molecule has 27 heavy (non-hydrogen) atoms. The van der Waals surface area contributed by atoms with Crippen molar-refractivity contribution in [1.82, 2.24) is 4.90 Å². The first-order valence-electron chi connectivity index (χ1n) is 10.1. The molecule has 0 spiro atoms. The number of anilines is 1. The molecule has 2 fully saturated rings. The van der Waals surface area contributed by atoms with Crippen LogP contribution in [0.1, 0.15) is 25.7 Å². The minimum absolute atomic E-state index is 0.133. The topological polar surface area (TPSA) is 43.8 Å². The number of benzene rings is 2. The molecule has 4 nitrogen and oxygen atoms in total. The van der Waals surface area contributed by atoms with Crippen molar-refractivity contribution in [3.05, 3.63) is 54.6 Å². The quantitative estimate of drug-likeness (QED) is 0.906. The smallest absolute Gasteiger partial charge is 0.225 e. The van der Waals surface area contributed by atoms with Gasteiger partial charge in [0, 0.05) is 37.8 Å². The Bertz CT molecular complexity index is 761. The lowest BCUT2D eigenvalue weighted by molar-refractivity contribution is -0.138. The number of rotatable bonds is 3. The van der Waals surface area contributed by atoms with E-state index in [9.17, 15) is 9.90 Å². The van der Waals surface area contributed by atoms with Crippen LogP contribution in [0, 0.1) is 5.92 Å². The Morgan fingerprint density at radius 1 is 0.815 bits per heavy atom. The van der Waals surface area contributed by atoms with Crippen molar-refractivity contribution in [1.29, 1.82) is 0 Å². The van der Waals surface area contributed by atoms with E-state index >= 15 is 0 Å². The SMILES string of the molecule is O=C(C1CCN(c2cccc(-c3ccccc3)c2)CC1)N1CCC(O)CC1. The Balaban J connectivity index is 1.37. The Morgan fingerprint density at radius 2 is 1.48 bits per heavy atom. The molecular formula is C23H28N2O2. The minimum Gasteiger partial charge on any atom is -0.393 e. The average molecular weight is 364 g/mol. The van der Waals surface area contributed by atoms with Gasteiger partial charge < -0.3 is 14.9 Å². The number of aliphatic hydroxyl groups excluding tert-OH is 1. The molecule has 2 heterocycles. The summed E-state index contributed by atoms with van der Waals surface area (Å²) < 4.78 is 0. The zero-order valence-electron chi connectivity index (χ0n) is 15.8. The number of likely N-dealkylation sites (tertiary alicyclic amines) is 1. The molecule has 0 radical (unpaired) electrons. The van der Waals surface area contributed by atoms with Gasteiger partial charge in [0.1, 0.15) is 0 Å². The van der Waals surface area contributed by atoms with Crippen LogP contribution in [-0.2, 0) is 4.79 Å². The van der Waals surface area contributed by atoms with E-state index in [0.717, 1.165) is 38.8 Å². The summed E-state index contributed by atoms with van der Waals surface area (Å²) >= 11 is 0. The molecular weight excluding hydrogens is 336 g/mol. The van der Waals surface area contributed by atoms with E-state index in [4.69, 9.17) is 0 Å². The van der Waals surface area contributed by atoms with Crippen LogP contribution < -0.4 is 4.90 Å². The fraction of sp³-hybridized carbons (Fsp3) is 0.435. The number of amides is 1. The zero-order chi connectivity index (χ0) is 18.6. The van der Waals surface area contributed by atoms with Gasteiger partial charge >= 0.3 is 0 Å². The highest BCUT2D eigenvalue weighted by molar-refractivity contribution is 5.79. The molecule has 2 aliphatic heterocycles. The molecule has 4 heteroatoms. The van der Waals surface area contributed by atoms with Crippen LogP contribution in [0.2, 0.25) is 0 Å². The van der Waals surface area contributed by atoms with Crippen LogP contribution >= 0.6 is 0 Å². The fourth-order valence-electron chi connectivity index (χ4n) is 4.24. The van der Waals surface area contributed by atoms with E-state index in [1.54, 1.807) is 0 Å².